The monoisotopic (exact) mass is 503 g/mol. The third-order valence-electron chi connectivity index (χ3n) is 3.82. The van der Waals surface area contributed by atoms with E-state index in [0.717, 1.165) is 23.2 Å². The molecule has 3 aromatic heterocycles. The summed E-state index contributed by atoms with van der Waals surface area (Å²) in [5.41, 5.74) is 1.10. The molecule has 146 valence electrons. The molecule has 0 saturated carbocycles. The molecule has 8 nitrogen and oxygen atoms in total. The number of aliphatic imine (C=N–C) groups is 1. The van der Waals surface area contributed by atoms with Crippen LogP contribution in [0.15, 0.2) is 40.1 Å². The van der Waals surface area contributed by atoms with E-state index >= 15 is 0 Å². The van der Waals surface area contributed by atoms with E-state index in [2.05, 4.69) is 25.5 Å². The van der Waals surface area contributed by atoms with E-state index in [1.165, 1.54) is 0 Å². The third-order valence-corrected chi connectivity index (χ3v) is 4.03. The van der Waals surface area contributed by atoms with Crippen molar-refractivity contribution in [1.29, 1.82) is 0 Å². The molecule has 3 heterocycles. The van der Waals surface area contributed by atoms with Crippen molar-refractivity contribution in [2.75, 3.05) is 13.6 Å². The van der Waals surface area contributed by atoms with Crippen LogP contribution in [0.2, 0.25) is 5.02 Å². The predicted octanol–water partition coefficient (Wildman–Crippen LogP) is 3.27. The summed E-state index contributed by atoms with van der Waals surface area (Å²) in [5, 5.41) is 11.1. The summed E-state index contributed by atoms with van der Waals surface area (Å²) in [6.45, 7) is 3.87. The summed E-state index contributed by atoms with van der Waals surface area (Å²) >= 11 is 6.06. The van der Waals surface area contributed by atoms with E-state index in [1.54, 1.807) is 12.3 Å². The minimum absolute atomic E-state index is 0. The van der Waals surface area contributed by atoms with Crippen LogP contribution < -0.4 is 5.32 Å². The van der Waals surface area contributed by atoms with Crippen LogP contribution in [-0.4, -0.2) is 44.2 Å². The lowest BCUT2D eigenvalue weighted by Crippen LogP contribution is -2.38. The van der Waals surface area contributed by atoms with Crippen LogP contribution in [0.4, 0.5) is 0 Å². The highest BCUT2D eigenvalue weighted by molar-refractivity contribution is 14.0. The Morgan fingerprint density at radius 1 is 1.48 bits per heavy atom. The number of aromatic nitrogens is 4. The Morgan fingerprint density at radius 2 is 2.30 bits per heavy atom. The lowest BCUT2D eigenvalue weighted by Gasteiger charge is -2.22. The number of aromatic amines is 1. The molecule has 0 bridgehead atoms. The molecule has 0 fully saturated rings. The molecule has 0 atom stereocenters. The maximum Gasteiger partial charge on any atom is 0.216 e. The van der Waals surface area contributed by atoms with Crippen molar-refractivity contribution in [3.63, 3.8) is 0 Å². The van der Waals surface area contributed by atoms with E-state index in [1.807, 2.05) is 48.8 Å². The first-order chi connectivity index (χ1) is 12.6. The molecule has 0 saturated heterocycles. The minimum atomic E-state index is 0. The van der Waals surface area contributed by atoms with Crippen molar-refractivity contribution >= 4 is 41.5 Å². The first kappa shape index (κ1) is 21.3. The number of halogens is 2. The fraction of sp³-hybridized carbons (Fsp3) is 0.353. The second-order valence-electron chi connectivity index (χ2n) is 5.87. The largest absolute Gasteiger partial charge is 0.461 e. The van der Waals surface area contributed by atoms with E-state index in [4.69, 9.17) is 16.0 Å². The van der Waals surface area contributed by atoms with Gasteiger partial charge in [-0.2, -0.15) is 0 Å². The predicted molar refractivity (Wildman–Crippen MR) is 116 cm³/mol. The van der Waals surface area contributed by atoms with Gasteiger partial charge in [0.1, 0.15) is 12.4 Å². The molecule has 0 aliphatic rings. The molecule has 0 amide bonds. The zero-order chi connectivity index (χ0) is 18.5. The Bertz CT molecular complexity index is 872. The van der Waals surface area contributed by atoms with Crippen LogP contribution in [0.3, 0.4) is 0 Å². The number of aryl methyl sites for hydroxylation is 1. The molecule has 0 aliphatic heterocycles. The molecular weight excluding hydrogens is 481 g/mol. The number of H-pyrrole nitrogens is 1. The normalized spacial score (nSPS) is 11.3. The van der Waals surface area contributed by atoms with E-state index in [0.29, 0.717) is 30.5 Å². The van der Waals surface area contributed by atoms with Gasteiger partial charge in [0.25, 0.3) is 0 Å². The smallest absolute Gasteiger partial charge is 0.216 e. The van der Waals surface area contributed by atoms with Gasteiger partial charge in [-0.25, -0.2) is 9.98 Å². The standard InChI is InChI=1S/C17H22ClN7O.HI/c1-4-19-17(25(3)11-13-8-12(18)10-24(13)2)20-9-15-21-16(23-22-15)14-6-5-7-26-14;/h5-8,10H,4,9,11H2,1-3H3,(H,19,20)(H,21,22,23);1H. The molecule has 10 heteroatoms. The lowest BCUT2D eigenvalue weighted by molar-refractivity contribution is 0.461. The van der Waals surface area contributed by atoms with Gasteiger partial charge in [0.2, 0.25) is 5.82 Å². The van der Waals surface area contributed by atoms with Gasteiger partial charge in [-0.15, -0.1) is 29.1 Å². The fourth-order valence-electron chi connectivity index (χ4n) is 2.54. The Morgan fingerprint density at radius 3 is 2.93 bits per heavy atom. The summed E-state index contributed by atoms with van der Waals surface area (Å²) in [4.78, 5) is 11.1. The second kappa shape index (κ2) is 9.79. The molecule has 0 spiro atoms. The maximum absolute atomic E-state index is 6.06. The van der Waals surface area contributed by atoms with E-state index < -0.39 is 0 Å². The third kappa shape index (κ3) is 5.48. The van der Waals surface area contributed by atoms with Crippen molar-refractivity contribution < 1.29 is 4.42 Å². The first-order valence-corrected chi connectivity index (χ1v) is 8.70. The van der Waals surface area contributed by atoms with E-state index in [-0.39, 0.29) is 24.0 Å². The average molecular weight is 504 g/mol. The number of hydrogen-bond acceptors (Lipinski definition) is 4. The van der Waals surface area contributed by atoms with Crippen LogP contribution in [0.5, 0.6) is 0 Å². The van der Waals surface area contributed by atoms with Crippen molar-refractivity contribution in [3.05, 3.63) is 47.2 Å². The average Bonchev–Trinajstić information content (AvgIpc) is 3.33. The molecule has 3 rings (SSSR count). The van der Waals surface area contributed by atoms with Gasteiger partial charge in [0, 0.05) is 32.5 Å². The Labute approximate surface area is 180 Å². The van der Waals surface area contributed by atoms with Crippen LogP contribution in [-0.2, 0) is 20.1 Å². The van der Waals surface area contributed by atoms with Crippen LogP contribution in [0.25, 0.3) is 11.6 Å². The summed E-state index contributed by atoms with van der Waals surface area (Å²) in [6.07, 6.45) is 3.48. The van der Waals surface area contributed by atoms with E-state index in [9.17, 15) is 0 Å². The molecule has 2 N–H and O–H groups in total. The highest BCUT2D eigenvalue weighted by Crippen LogP contribution is 2.15. The topological polar surface area (TPSA) is 87.3 Å². The zero-order valence-corrected chi connectivity index (χ0v) is 18.5. The summed E-state index contributed by atoms with van der Waals surface area (Å²) in [5.74, 6) is 2.60. The zero-order valence-electron chi connectivity index (χ0n) is 15.4. The van der Waals surface area contributed by atoms with Crippen molar-refractivity contribution in [3.8, 4) is 11.6 Å². The Balaban J connectivity index is 0.00000261. The molecule has 0 unspecified atom stereocenters. The Hall–Kier alpha value is -2.01. The van der Waals surface area contributed by atoms with Gasteiger partial charge in [-0.05, 0) is 25.1 Å². The lowest BCUT2D eigenvalue weighted by atomic mass is 10.4. The van der Waals surface area contributed by atoms with Crippen molar-refractivity contribution in [2.24, 2.45) is 12.0 Å². The minimum Gasteiger partial charge on any atom is -0.461 e. The summed E-state index contributed by atoms with van der Waals surface area (Å²) in [7, 11) is 3.96. The highest BCUT2D eigenvalue weighted by Gasteiger charge is 2.11. The molecule has 0 radical (unpaired) electrons. The molecule has 3 aromatic rings. The van der Waals surface area contributed by atoms with Crippen LogP contribution in [0.1, 0.15) is 18.4 Å². The molecule has 27 heavy (non-hydrogen) atoms. The maximum atomic E-state index is 6.06. The van der Waals surface area contributed by atoms with Crippen molar-refractivity contribution in [1.82, 2.24) is 30.0 Å². The number of furan rings is 1. The van der Waals surface area contributed by atoms with Crippen LogP contribution >= 0.6 is 35.6 Å². The van der Waals surface area contributed by atoms with Gasteiger partial charge in [0.05, 0.1) is 17.8 Å². The number of hydrogen-bond donors (Lipinski definition) is 2. The first-order valence-electron chi connectivity index (χ1n) is 8.32. The number of nitrogens with zero attached hydrogens (tertiary/aromatic N) is 5. The van der Waals surface area contributed by atoms with Gasteiger partial charge in [-0.1, -0.05) is 11.6 Å². The van der Waals surface area contributed by atoms with Gasteiger partial charge >= 0.3 is 0 Å². The quantitative estimate of drug-likeness (QED) is 0.306. The highest BCUT2D eigenvalue weighted by atomic mass is 127. The SMILES string of the molecule is CCNC(=NCc1nc(-c2ccco2)n[nH]1)N(C)Cc1cc(Cl)cn1C.I. The number of nitrogens with one attached hydrogen (secondary N) is 2. The molecule has 0 aromatic carbocycles. The number of guanidine groups is 1. The molecule has 0 aliphatic carbocycles. The molecular formula is C17H23ClIN7O. The van der Waals surface area contributed by atoms with Gasteiger partial charge in [-0.3, -0.25) is 5.10 Å². The van der Waals surface area contributed by atoms with Gasteiger partial charge in [0.15, 0.2) is 11.7 Å². The number of rotatable bonds is 6. The van der Waals surface area contributed by atoms with Crippen LogP contribution in [0, 0.1) is 0 Å². The Kier molecular flexibility index (Phi) is 7.72. The summed E-state index contributed by atoms with van der Waals surface area (Å²) in [6, 6.07) is 5.57. The fourth-order valence-corrected chi connectivity index (χ4v) is 2.82. The summed E-state index contributed by atoms with van der Waals surface area (Å²) < 4.78 is 7.31. The van der Waals surface area contributed by atoms with Gasteiger partial charge < -0.3 is 19.2 Å². The second-order valence-corrected chi connectivity index (χ2v) is 6.31. The van der Waals surface area contributed by atoms with Crippen molar-refractivity contribution in [2.45, 2.75) is 20.0 Å².